The van der Waals surface area contributed by atoms with Crippen molar-refractivity contribution >= 4 is 12.6 Å². The number of hydrogen-bond donors (Lipinski definition) is 0. The molecule has 0 saturated carbocycles. The number of carbonyl (C=O) groups is 2. The highest BCUT2D eigenvalue weighted by atomic mass is 16.5. The molecule has 1 rings (SSSR count). The van der Waals surface area contributed by atoms with Crippen LogP contribution in [0.15, 0.2) is 24.5 Å². The molecule has 0 aliphatic rings. The number of aldehydes is 2. The molecule has 5 nitrogen and oxygen atoms in total. The summed E-state index contributed by atoms with van der Waals surface area (Å²) in [5.74, 6) is 0.165. The molecular weight excluding hydrogens is 184 g/mol. The minimum absolute atomic E-state index is 0.145. The first-order chi connectivity index (χ1) is 6.88. The second kappa shape index (κ2) is 5.58. The number of rotatable bonds is 5. The van der Waals surface area contributed by atoms with Crippen LogP contribution < -0.4 is 4.74 Å². The van der Waals surface area contributed by atoms with Crippen molar-refractivity contribution in [2.45, 2.75) is 0 Å². The molecule has 0 atom stereocenters. The van der Waals surface area contributed by atoms with Gasteiger partial charge in [0.2, 0.25) is 5.88 Å². The van der Waals surface area contributed by atoms with E-state index in [0.717, 1.165) is 0 Å². The predicted molar refractivity (Wildman–Crippen MR) is 48.1 cm³/mol. The van der Waals surface area contributed by atoms with Crippen LogP contribution in [0.1, 0.15) is 10.5 Å². The molecule has 0 amide bonds. The SMILES string of the molecule is O=C/C=C/COc1nccnc1C=O. The monoisotopic (exact) mass is 192 g/mol. The van der Waals surface area contributed by atoms with E-state index in [-0.39, 0.29) is 18.2 Å². The molecule has 14 heavy (non-hydrogen) atoms. The van der Waals surface area contributed by atoms with Crippen molar-refractivity contribution in [3.05, 3.63) is 30.2 Å². The second-order valence-corrected chi connectivity index (χ2v) is 2.24. The van der Waals surface area contributed by atoms with Gasteiger partial charge in [0.15, 0.2) is 12.0 Å². The molecule has 1 aromatic heterocycles. The summed E-state index contributed by atoms with van der Waals surface area (Å²) in [6, 6.07) is 0. The summed E-state index contributed by atoms with van der Waals surface area (Å²) in [6.07, 6.45) is 6.84. The molecule has 72 valence electrons. The fraction of sp³-hybridized carbons (Fsp3) is 0.111. The number of carbonyl (C=O) groups excluding carboxylic acids is 2. The van der Waals surface area contributed by atoms with Gasteiger partial charge in [0.1, 0.15) is 12.9 Å². The van der Waals surface area contributed by atoms with Gasteiger partial charge in [-0.25, -0.2) is 9.97 Å². The molecule has 0 fully saturated rings. The van der Waals surface area contributed by atoms with E-state index in [1.165, 1.54) is 24.5 Å². The van der Waals surface area contributed by atoms with E-state index < -0.39 is 0 Å². The van der Waals surface area contributed by atoms with Crippen LogP contribution in [0.2, 0.25) is 0 Å². The quantitative estimate of drug-likeness (QED) is 0.499. The van der Waals surface area contributed by atoms with Gasteiger partial charge in [-0.1, -0.05) is 0 Å². The predicted octanol–water partition coefficient (Wildman–Crippen LogP) is 0.423. The highest BCUT2D eigenvalue weighted by Gasteiger charge is 2.02. The number of ether oxygens (including phenoxy) is 1. The summed E-state index contributed by atoms with van der Waals surface area (Å²) in [7, 11) is 0. The van der Waals surface area contributed by atoms with Crippen LogP contribution in [0.25, 0.3) is 0 Å². The number of hydrogen-bond acceptors (Lipinski definition) is 5. The Labute approximate surface area is 80.4 Å². The average Bonchev–Trinajstić information content (AvgIpc) is 2.25. The lowest BCUT2D eigenvalue weighted by Crippen LogP contribution is -2.01. The van der Waals surface area contributed by atoms with Gasteiger partial charge in [0.05, 0.1) is 0 Å². The highest BCUT2D eigenvalue weighted by molar-refractivity contribution is 5.74. The Bertz CT molecular complexity index is 350. The minimum atomic E-state index is 0.145. The number of allylic oxidation sites excluding steroid dienone is 1. The van der Waals surface area contributed by atoms with Crippen LogP contribution in [0, 0.1) is 0 Å². The maximum absolute atomic E-state index is 10.5. The molecule has 0 saturated heterocycles. The summed E-state index contributed by atoms with van der Waals surface area (Å²) in [4.78, 5) is 27.9. The molecule has 0 spiro atoms. The zero-order chi connectivity index (χ0) is 10.2. The van der Waals surface area contributed by atoms with Gasteiger partial charge in [0, 0.05) is 12.4 Å². The maximum atomic E-state index is 10.5. The Kier molecular flexibility index (Phi) is 4.00. The molecule has 1 heterocycles. The summed E-state index contributed by atoms with van der Waals surface area (Å²) >= 11 is 0. The molecule has 0 bridgehead atoms. The average molecular weight is 192 g/mol. The van der Waals surface area contributed by atoms with Gasteiger partial charge in [-0.2, -0.15) is 0 Å². The van der Waals surface area contributed by atoms with Crippen molar-refractivity contribution in [1.29, 1.82) is 0 Å². The lowest BCUT2D eigenvalue weighted by Gasteiger charge is -2.01. The van der Waals surface area contributed by atoms with Crippen molar-refractivity contribution in [3.8, 4) is 5.88 Å². The molecule has 0 aliphatic heterocycles. The van der Waals surface area contributed by atoms with Crippen LogP contribution in [-0.4, -0.2) is 29.1 Å². The van der Waals surface area contributed by atoms with Crippen molar-refractivity contribution in [2.75, 3.05) is 6.61 Å². The fourth-order valence-electron chi connectivity index (χ4n) is 0.766. The lowest BCUT2D eigenvalue weighted by atomic mass is 10.4. The standard InChI is InChI=1S/C9H8N2O3/c12-5-1-2-6-14-9-8(7-13)10-3-4-11-9/h1-5,7H,6H2/b2-1+. The van der Waals surface area contributed by atoms with E-state index >= 15 is 0 Å². The van der Waals surface area contributed by atoms with Crippen LogP contribution in [0.5, 0.6) is 5.88 Å². The van der Waals surface area contributed by atoms with Gasteiger partial charge in [-0.3, -0.25) is 9.59 Å². The Morgan fingerprint density at radius 3 is 2.79 bits per heavy atom. The van der Waals surface area contributed by atoms with Gasteiger partial charge in [-0.05, 0) is 12.2 Å². The van der Waals surface area contributed by atoms with E-state index in [2.05, 4.69) is 9.97 Å². The lowest BCUT2D eigenvalue weighted by molar-refractivity contribution is -0.104. The molecular formula is C9H8N2O3. The topological polar surface area (TPSA) is 69.2 Å². The van der Waals surface area contributed by atoms with E-state index in [1.807, 2.05) is 0 Å². The van der Waals surface area contributed by atoms with Crippen LogP contribution in [0.3, 0.4) is 0 Å². The van der Waals surface area contributed by atoms with Crippen molar-refractivity contribution in [2.24, 2.45) is 0 Å². The summed E-state index contributed by atoms with van der Waals surface area (Å²) in [6.45, 7) is 0.179. The fourth-order valence-corrected chi connectivity index (χ4v) is 0.766. The summed E-state index contributed by atoms with van der Waals surface area (Å²) < 4.78 is 5.08. The van der Waals surface area contributed by atoms with Crippen molar-refractivity contribution in [3.63, 3.8) is 0 Å². The first-order valence-corrected chi connectivity index (χ1v) is 3.87. The van der Waals surface area contributed by atoms with Crippen LogP contribution in [0.4, 0.5) is 0 Å². The Hall–Kier alpha value is -2.04. The van der Waals surface area contributed by atoms with E-state index in [4.69, 9.17) is 4.74 Å². The number of aromatic nitrogens is 2. The normalized spacial score (nSPS) is 10.0. The second-order valence-electron chi connectivity index (χ2n) is 2.24. The Balaban J connectivity index is 2.61. The zero-order valence-electron chi connectivity index (χ0n) is 7.29. The molecule has 0 unspecified atom stereocenters. The molecule has 0 aromatic carbocycles. The van der Waals surface area contributed by atoms with Crippen LogP contribution in [-0.2, 0) is 4.79 Å². The molecule has 1 aromatic rings. The van der Waals surface area contributed by atoms with Gasteiger partial charge in [-0.15, -0.1) is 0 Å². The first-order valence-electron chi connectivity index (χ1n) is 3.87. The van der Waals surface area contributed by atoms with E-state index in [9.17, 15) is 9.59 Å². The third-order valence-corrected chi connectivity index (χ3v) is 1.33. The molecule has 0 N–H and O–H groups in total. The van der Waals surface area contributed by atoms with E-state index in [0.29, 0.717) is 12.6 Å². The van der Waals surface area contributed by atoms with Gasteiger partial charge >= 0.3 is 0 Å². The molecule has 0 radical (unpaired) electrons. The van der Waals surface area contributed by atoms with E-state index in [1.54, 1.807) is 0 Å². The Morgan fingerprint density at radius 2 is 2.07 bits per heavy atom. The smallest absolute Gasteiger partial charge is 0.243 e. The van der Waals surface area contributed by atoms with Crippen LogP contribution >= 0.6 is 0 Å². The molecule has 0 aliphatic carbocycles. The summed E-state index contributed by atoms with van der Waals surface area (Å²) in [5.41, 5.74) is 0.145. The number of nitrogens with zero attached hydrogens (tertiary/aromatic N) is 2. The summed E-state index contributed by atoms with van der Waals surface area (Å²) in [5, 5.41) is 0. The van der Waals surface area contributed by atoms with Crippen molar-refractivity contribution < 1.29 is 14.3 Å². The largest absolute Gasteiger partial charge is 0.472 e. The Morgan fingerprint density at radius 1 is 1.29 bits per heavy atom. The maximum Gasteiger partial charge on any atom is 0.243 e. The minimum Gasteiger partial charge on any atom is -0.472 e. The van der Waals surface area contributed by atoms with Gasteiger partial charge in [0.25, 0.3) is 0 Å². The third kappa shape index (κ3) is 2.78. The van der Waals surface area contributed by atoms with Crippen molar-refractivity contribution in [1.82, 2.24) is 9.97 Å². The zero-order valence-corrected chi connectivity index (χ0v) is 7.29. The highest BCUT2D eigenvalue weighted by Crippen LogP contribution is 2.07. The molecule has 5 heteroatoms. The first kappa shape index (κ1) is 10.0. The van der Waals surface area contributed by atoms with Gasteiger partial charge < -0.3 is 4.74 Å². The third-order valence-electron chi connectivity index (χ3n) is 1.33.